The zero-order valence-corrected chi connectivity index (χ0v) is 15.6. The smallest absolute Gasteiger partial charge is 0.200 e. The molecule has 0 aliphatic heterocycles. The number of hydrogen-bond acceptors (Lipinski definition) is 1. The van der Waals surface area contributed by atoms with E-state index in [2.05, 4.69) is 81.7 Å². The standard InChI is InChI=1S/C16H27BrOSi/c1-12(2)19(13(3)4,14(5)6)18-11-15-7-9-16(17)10-8-15/h7-10,12-14H,11H2,1-6H3. The van der Waals surface area contributed by atoms with E-state index in [4.69, 9.17) is 4.43 Å². The summed E-state index contributed by atoms with van der Waals surface area (Å²) in [5.74, 6) is 0. The molecule has 3 heteroatoms. The minimum absolute atomic E-state index is 0.642. The van der Waals surface area contributed by atoms with Gasteiger partial charge in [0.05, 0.1) is 6.61 Å². The highest BCUT2D eigenvalue weighted by Crippen LogP contribution is 2.42. The lowest BCUT2D eigenvalue weighted by molar-refractivity contribution is 0.266. The Morgan fingerprint density at radius 2 is 1.32 bits per heavy atom. The molecule has 0 aliphatic rings. The monoisotopic (exact) mass is 342 g/mol. The Kier molecular flexibility index (Phi) is 6.28. The largest absolute Gasteiger partial charge is 0.412 e. The van der Waals surface area contributed by atoms with Crippen LogP contribution < -0.4 is 0 Å². The van der Waals surface area contributed by atoms with Gasteiger partial charge in [0.1, 0.15) is 0 Å². The van der Waals surface area contributed by atoms with Crippen LogP contribution in [0.2, 0.25) is 16.6 Å². The van der Waals surface area contributed by atoms with Gasteiger partial charge in [0.2, 0.25) is 8.32 Å². The summed E-state index contributed by atoms with van der Waals surface area (Å²) >= 11 is 3.47. The van der Waals surface area contributed by atoms with E-state index in [1.165, 1.54) is 5.56 Å². The summed E-state index contributed by atoms with van der Waals surface area (Å²) < 4.78 is 7.69. The van der Waals surface area contributed by atoms with Crippen LogP contribution in [0.25, 0.3) is 0 Å². The molecule has 0 saturated carbocycles. The Morgan fingerprint density at radius 1 is 0.895 bits per heavy atom. The molecule has 19 heavy (non-hydrogen) atoms. The summed E-state index contributed by atoms with van der Waals surface area (Å²) in [5.41, 5.74) is 3.19. The van der Waals surface area contributed by atoms with Crippen LogP contribution in [0, 0.1) is 0 Å². The minimum Gasteiger partial charge on any atom is -0.412 e. The van der Waals surface area contributed by atoms with Crippen LogP contribution in [-0.4, -0.2) is 8.32 Å². The normalized spacial score (nSPS) is 12.7. The Balaban J connectivity index is 2.87. The first-order valence-electron chi connectivity index (χ1n) is 7.19. The van der Waals surface area contributed by atoms with Gasteiger partial charge >= 0.3 is 0 Å². The fourth-order valence-corrected chi connectivity index (χ4v) is 8.97. The second kappa shape index (κ2) is 7.05. The molecule has 1 aromatic carbocycles. The average molecular weight is 343 g/mol. The Morgan fingerprint density at radius 3 is 1.68 bits per heavy atom. The highest BCUT2D eigenvalue weighted by atomic mass is 79.9. The third-order valence-electron chi connectivity index (χ3n) is 4.11. The average Bonchev–Trinajstić information content (AvgIpc) is 2.30. The zero-order valence-electron chi connectivity index (χ0n) is 13.0. The summed E-state index contributed by atoms with van der Waals surface area (Å²) in [5, 5.41) is 0. The molecule has 0 fully saturated rings. The maximum atomic E-state index is 6.56. The number of halogens is 1. The fraction of sp³-hybridized carbons (Fsp3) is 0.625. The first kappa shape index (κ1) is 16.9. The molecule has 0 heterocycles. The van der Waals surface area contributed by atoms with Crippen molar-refractivity contribution in [2.75, 3.05) is 0 Å². The molecule has 0 atom stereocenters. The fourth-order valence-electron chi connectivity index (χ4n) is 3.29. The third-order valence-corrected chi connectivity index (χ3v) is 10.7. The van der Waals surface area contributed by atoms with E-state index in [9.17, 15) is 0 Å². The van der Waals surface area contributed by atoms with Gasteiger partial charge in [-0.1, -0.05) is 69.6 Å². The maximum Gasteiger partial charge on any atom is 0.200 e. The van der Waals surface area contributed by atoms with Crippen LogP contribution >= 0.6 is 15.9 Å². The van der Waals surface area contributed by atoms with Crippen LogP contribution in [0.5, 0.6) is 0 Å². The van der Waals surface area contributed by atoms with Gasteiger partial charge in [0.15, 0.2) is 0 Å². The lowest BCUT2D eigenvalue weighted by Crippen LogP contribution is -2.47. The van der Waals surface area contributed by atoms with E-state index < -0.39 is 8.32 Å². The Bertz CT molecular complexity index is 362. The Labute approximate surface area is 128 Å². The van der Waals surface area contributed by atoms with Crippen LogP contribution in [0.1, 0.15) is 47.1 Å². The highest BCUT2D eigenvalue weighted by Gasteiger charge is 2.44. The van der Waals surface area contributed by atoms with E-state index in [1.54, 1.807) is 0 Å². The van der Waals surface area contributed by atoms with E-state index in [0.29, 0.717) is 16.6 Å². The number of benzene rings is 1. The van der Waals surface area contributed by atoms with Crippen molar-refractivity contribution in [2.24, 2.45) is 0 Å². The van der Waals surface area contributed by atoms with Gasteiger partial charge in [-0.3, -0.25) is 0 Å². The van der Waals surface area contributed by atoms with Crippen LogP contribution in [-0.2, 0) is 11.0 Å². The molecule has 0 amide bonds. The summed E-state index contributed by atoms with van der Waals surface area (Å²) in [7, 11) is -1.74. The SMILES string of the molecule is CC(C)[Si](OCc1ccc(Br)cc1)(C(C)C)C(C)C. The van der Waals surface area contributed by atoms with E-state index in [0.717, 1.165) is 11.1 Å². The highest BCUT2D eigenvalue weighted by molar-refractivity contribution is 9.10. The van der Waals surface area contributed by atoms with Gasteiger partial charge in [-0.2, -0.15) is 0 Å². The molecule has 0 unspecified atom stereocenters. The number of hydrogen-bond donors (Lipinski definition) is 0. The van der Waals surface area contributed by atoms with Crippen LogP contribution in [0.3, 0.4) is 0 Å². The minimum atomic E-state index is -1.74. The maximum absolute atomic E-state index is 6.56. The van der Waals surface area contributed by atoms with Gasteiger partial charge in [0, 0.05) is 4.47 Å². The summed E-state index contributed by atoms with van der Waals surface area (Å²) in [6.45, 7) is 14.7. The molecule has 0 radical (unpaired) electrons. The first-order chi connectivity index (χ1) is 8.80. The molecule has 0 aliphatic carbocycles. The predicted molar refractivity (Wildman–Crippen MR) is 90.0 cm³/mol. The number of rotatable bonds is 6. The Hall–Kier alpha value is -0.123. The second-order valence-corrected chi connectivity index (χ2v) is 12.6. The molecule has 0 spiro atoms. The second-order valence-electron chi connectivity index (χ2n) is 6.23. The van der Waals surface area contributed by atoms with Gasteiger partial charge in [0.25, 0.3) is 0 Å². The lowest BCUT2D eigenvalue weighted by Gasteiger charge is -2.42. The summed E-state index contributed by atoms with van der Waals surface area (Å²) in [4.78, 5) is 0. The van der Waals surface area contributed by atoms with Crippen molar-refractivity contribution in [1.82, 2.24) is 0 Å². The van der Waals surface area contributed by atoms with Gasteiger partial charge in [-0.05, 0) is 34.3 Å². The third kappa shape index (κ3) is 3.93. The molecule has 0 bridgehead atoms. The van der Waals surface area contributed by atoms with Crippen molar-refractivity contribution in [2.45, 2.75) is 64.8 Å². The van der Waals surface area contributed by atoms with Crippen molar-refractivity contribution in [3.8, 4) is 0 Å². The first-order valence-corrected chi connectivity index (χ1v) is 10.1. The van der Waals surface area contributed by atoms with Crippen molar-refractivity contribution in [1.29, 1.82) is 0 Å². The van der Waals surface area contributed by atoms with E-state index >= 15 is 0 Å². The van der Waals surface area contributed by atoms with Crippen LogP contribution in [0.4, 0.5) is 0 Å². The van der Waals surface area contributed by atoms with Gasteiger partial charge in [-0.15, -0.1) is 0 Å². The predicted octanol–water partition coefficient (Wildman–Crippen LogP) is 6.14. The van der Waals surface area contributed by atoms with Crippen molar-refractivity contribution < 1.29 is 4.43 Å². The van der Waals surface area contributed by atoms with Crippen LogP contribution in [0.15, 0.2) is 28.7 Å². The molecule has 108 valence electrons. The van der Waals surface area contributed by atoms with Crippen molar-refractivity contribution >= 4 is 24.2 Å². The molecule has 1 aromatic rings. The molecule has 0 N–H and O–H groups in total. The van der Waals surface area contributed by atoms with E-state index in [-0.39, 0.29) is 0 Å². The lowest BCUT2D eigenvalue weighted by atomic mass is 10.2. The van der Waals surface area contributed by atoms with Gasteiger partial charge < -0.3 is 4.43 Å². The van der Waals surface area contributed by atoms with Crippen molar-refractivity contribution in [3.63, 3.8) is 0 Å². The summed E-state index contributed by atoms with van der Waals surface area (Å²) in [6, 6.07) is 8.46. The molecule has 1 nitrogen and oxygen atoms in total. The molecular weight excluding hydrogens is 316 g/mol. The molecule has 0 aromatic heterocycles. The summed E-state index contributed by atoms with van der Waals surface area (Å²) in [6.07, 6.45) is 0. The topological polar surface area (TPSA) is 9.23 Å². The molecular formula is C16H27BrOSi. The van der Waals surface area contributed by atoms with E-state index in [1.807, 2.05) is 0 Å². The molecule has 1 rings (SSSR count). The van der Waals surface area contributed by atoms with Crippen molar-refractivity contribution in [3.05, 3.63) is 34.3 Å². The zero-order chi connectivity index (χ0) is 14.6. The molecule has 0 saturated heterocycles. The van der Waals surface area contributed by atoms with Gasteiger partial charge in [-0.25, -0.2) is 0 Å². The quantitative estimate of drug-likeness (QED) is 0.564.